The van der Waals surface area contributed by atoms with Crippen LogP contribution in [-0.4, -0.2) is 53.2 Å². The number of ether oxygens (including phenoxy) is 1. The molecule has 0 bridgehead atoms. The van der Waals surface area contributed by atoms with Crippen molar-refractivity contribution < 1.29 is 18.7 Å². The molecule has 0 spiro atoms. The zero-order valence-electron chi connectivity index (χ0n) is 20.4. The van der Waals surface area contributed by atoms with Gasteiger partial charge in [0.05, 0.1) is 23.8 Å². The van der Waals surface area contributed by atoms with Crippen LogP contribution in [0.1, 0.15) is 33.6 Å². The van der Waals surface area contributed by atoms with Gasteiger partial charge in [0.25, 0.3) is 5.91 Å². The summed E-state index contributed by atoms with van der Waals surface area (Å²) in [5.74, 6) is -1.63. The smallest absolute Gasteiger partial charge is 0.255 e. The Morgan fingerprint density at radius 1 is 1.13 bits per heavy atom. The van der Waals surface area contributed by atoms with Gasteiger partial charge in [-0.2, -0.15) is 0 Å². The highest BCUT2D eigenvalue weighted by atomic mass is 35.5. The number of morpholine rings is 1. The van der Waals surface area contributed by atoms with Crippen LogP contribution >= 0.6 is 34.3 Å². The number of nitrogens with one attached hydrogen (secondary N) is 1. The zero-order valence-corrected chi connectivity index (χ0v) is 22.8. The minimum atomic E-state index is -0.524. The Labute approximate surface area is 232 Å². The molecule has 5 rings (SSSR count). The minimum Gasteiger partial charge on any atom is -0.378 e. The number of carbonyl (C=O) groups excluding carboxylic acids is 2. The molecule has 2 amide bonds. The van der Waals surface area contributed by atoms with Crippen molar-refractivity contribution in [2.45, 2.75) is 12.8 Å². The van der Waals surface area contributed by atoms with Crippen LogP contribution in [0.15, 0.2) is 60.1 Å². The molecule has 2 atom stereocenters. The predicted molar refractivity (Wildman–Crippen MR) is 147 cm³/mol. The third-order valence-corrected chi connectivity index (χ3v) is 8.56. The second-order valence-electron chi connectivity index (χ2n) is 8.86. The number of aromatic nitrogens is 2. The number of amides is 2. The first-order valence-electron chi connectivity index (χ1n) is 12.0. The molecule has 38 heavy (non-hydrogen) atoms. The summed E-state index contributed by atoms with van der Waals surface area (Å²) in [5.41, 5.74) is 3.55. The molecule has 0 radical (unpaired) electrons. The lowest BCUT2D eigenvalue weighted by Gasteiger charge is -2.27. The number of halogens is 2. The molecule has 1 fully saturated rings. The van der Waals surface area contributed by atoms with Gasteiger partial charge in [-0.15, -0.1) is 21.5 Å². The highest BCUT2D eigenvalue weighted by Gasteiger charge is 2.30. The van der Waals surface area contributed by atoms with Crippen molar-refractivity contribution in [2.75, 3.05) is 31.6 Å². The summed E-state index contributed by atoms with van der Waals surface area (Å²) in [4.78, 5) is 29.6. The van der Waals surface area contributed by atoms with E-state index < -0.39 is 11.8 Å². The molecule has 1 aliphatic heterocycles. The van der Waals surface area contributed by atoms with Gasteiger partial charge >= 0.3 is 0 Å². The van der Waals surface area contributed by atoms with E-state index in [4.69, 9.17) is 16.3 Å². The molecule has 0 saturated carbocycles. The molecule has 4 aromatic rings. The van der Waals surface area contributed by atoms with Crippen LogP contribution in [-0.2, 0) is 9.53 Å². The van der Waals surface area contributed by atoms with Crippen LogP contribution in [0.25, 0.3) is 10.4 Å². The lowest BCUT2D eigenvalue weighted by Crippen LogP contribution is -2.40. The first-order chi connectivity index (χ1) is 18.4. The van der Waals surface area contributed by atoms with Gasteiger partial charge in [-0.05, 0) is 47.5 Å². The molecule has 11 heteroatoms. The van der Waals surface area contributed by atoms with Crippen molar-refractivity contribution in [3.63, 3.8) is 0 Å². The van der Waals surface area contributed by atoms with Crippen molar-refractivity contribution in [1.29, 1.82) is 0 Å². The topological polar surface area (TPSA) is 84.4 Å². The molecule has 2 aromatic carbocycles. The molecule has 3 heterocycles. The quantitative estimate of drug-likeness (QED) is 0.297. The van der Waals surface area contributed by atoms with Crippen LogP contribution in [0.4, 0.5) is 9.52 Å². The van der Waals surface area contributed by atoms with E-state index in [2.05, 4.69) is 15.5 Å². The maximum Gasteiger partial charge on any atom is 0.255 e. The molecule has 1 N–H and O–H groups in total. The van der Waals surface area contributed by atoms with Gasteiger partial charge in [0.1, 0.15) is 11.3 Å². The third-order valence-electron chi connectivity index (χ3n) is 6.43. The number of benzene rings is 2. The molecule has 0 unspecified atom stereocenters. The van der Waals surface area contributed by atoms with E-state index in [0.717, 1.165) is 15.3 Å². The number of anilines is 1. The maximum atomic E-state index is 14.2. The summed E-state index contributed by atoms with van der Waals surface area (Å²) in [6, 6.07) is 15.6. The highest BCUT2D eigenvalue weighted by molar-refractivity contribution is 7.15. The van der Waals surface area contributed by atoms with Crippen molar-refractivity contribution in [1.82, 2.24) is 15.1 Å². The average molecular weight is 571 g/mol. The second kappa shape index (κ2) is 11.7. The fourth-order valence-corrected chi connectivity index (χ4v) is 6.40. The van der Waals surface area contributed by atoms with E-state index in [0.29, 0.717) is 47.6 Å². The Bertz CT molecular complexity index is 1440. The third kappa shape index (κ3) is 5.78. The van der Waals surface area contributed by atoms with Crippen LogP contribution in [0.3, 0.4) is 0 Å². The number of thiophene rings is 1. The standard InChI is InChI=1S/C27H24ClFN4O3S2/c1-16(25(34)31-27-32-30-15-37-27)24(18-3-2-4-19(29)13-18)23-8-7-22(38-23)17-5-6-20(21(28)14-17)26(35)33-9-11-36-12-10-33/h2-8,13-16,24H,9-12H2,1H3,(H,31,32,34)/t16-,24+/m0/s1. The molecule has 0 aliphatic carbocycles. The largest absolute Gasteiger partial charge is 0.378 e. The molecular formula is C27H24ClFN4O3S2. The summed E-state index contributed by atoms with van der Waals surface area (Å²) in [5, 5.41) is 11.2. The molecule has 7 nitrogen and oxygen atoms in total. The Kier molecular flexibility index (Phi) is 8.13. The zero-order chi connectivity index (χ0) is 26.6. The van der Waals surface area contributed by atoms with Crippen molar-refractivity contribution >= 4 is 51.2 Å². The van der Waals surface area contributed by atoms with Crippen LogP contribution in [0.5, 0.6) is 0 Å². The second-order valence-corrected chi connectivity index (χ2v) is 11.2. The number of hydrogen-bond donors (Lipinski definition) is 1. The number of nitrogens with zero attached hydrogens (tertiary/aromatic N) is 3. The van der Waals surface area contributed by atoms with E-state index in [1.165, 1.54) is 34.8 Å². The van der Waals surface area contributed by atoms with Gasteiger partial charge in [-0.3, -0.25) is 9.59 Å². The molecule has 1 saturated heterocycles. The Morgan fingerprint density at radius 3 is 2.66 bits per heavy atom. The fourth-order valence-electron chi connectivity index (χ4n) is 4.45. The van der Waals surface area contributed by atoms with Gasteiger partial charge in [0.2, 0.25) is 11.0 Å². The summed E-state index contributed by atoms with van der Waals surface area (Å²) >= 11 is 9.29. The Morgan fingerprint density at radius 2 is 1.95 bits per heavy atom. The van der Waals surface area contributed by atoms with E-state index in [1.807, 2.05) is 31.2 Å². The summed E-state index contributed by atoms with van der Waals surface area (Å²) in [7, 11) is 0. The van der Waals surface area contributed by atoms with Crippen molar-refractivity contribution in [3.05, 3.63) is 87.0 Å². The predicted octanol–water partition coefficient (Wildman–Crippen LogP) is 5.94. The summed E-state index contributed by atoms with van der Waals surface area (Å²) in [6.07, 6.45) is 0. The van der Waals surface area contributed by atoms with Gasteiger partial charge in [-0.1, -0.05) is 48.1 Å². The van der Waals surface area contributed by atoms with Crippen LogP contribution in [0.2, 0.25) is 5.02 Å². The van der Waals surface area contributed by atoms with Crippen LogP contribution < -0.4 is 5.32 Å². The fraction of sp³-hybridized carbons (Fsp3) is 0.259. The van der Waals surface area contributed by atoms with Gasteiger partial charge in [0.15, 0.2) is 0 Å². The van der Waals surface area contributed by atoms with Gasteiger partial charge in [0, 0.05) is 34.7 Å². The normalized spacial score (nSPS) is 15.2. The van der Waals surface area contributed by atoms with Gasteiger partial charge in [-0.25, -0.2) is 4.39 Å². The molecule has 196 valence electrons. The first kappa shape index (κ1) is 26.4. The van der Waals surface area contributed by atoms with Crippen molar-refractivity contribution in [3.8, 4) is 10.4 Å². The van der Waals surface area contributed by atoms with E-state index in [-0.39, 0.29) is 17.6 Å². The van der Waals surface area contributed by atoms with Crippen molar-refractivity contribution in [2.24, 2.45) is 5.92 Å². The maximum absolute atomic E-state index is 14.2. The molecule has 2 aromatic heterocycles. The van der Waals surface area contributed by atoms with Crippen LogP contribution in [0, 0.1) is 11.7 Å². The average Bonchev–Trinajstić information content (AvgIpc) is 3.62. The summed E-state index contributed by atoms with van der Waals surface area (Å²) < 4.78 is 19.5. The lowest BCUT2D eigenvalue weighted by atomic mass is 9.85. The van der Waals surface area contributed by atoms with Gasteiger partial charge < -0.3 is 15.0 Å². The number of carbonyl (C=O) groups is 2. The Hall–Kier alpha value is -3.18. The van der Waals surface area contributed by atoms with E-state index >= 15 is 0 Å². The van der Waals surface area contributed by atoms with E-state index in [1.54, 1.807) is 28.6 Å². The summed E-state index contributed by atoms with van der Waals surface area (Å²) in [6.45, 7) is 3.93. The lowest BCUT2D eigenvalue weighted by molar-refractivity contribution is -0.119. The molecular weight excluding hydrogens is 547 g/mol. The number of hydrogen-bond acceptors (Lipinski definition) is 7. The number of rotatable bonds is 7. The molecule has 1 aliphatic rings. The Balaban J connectivity index is 1.42. The van der Waals surface area contributed by atoms with E-state index in [9.17, 15) is 14.0 Å². The minimum absolute atomic E-state index is 0.113. The highest BCUT2D eigenvalue weighted by Crippen LogP contribution is 2.40. The first-order valence-corrected chi connectivity index (χ1v) is 14.1. The monoisotopic (exact) mass is 570 g/mol. The SMILES string of the molecule is C[C@H](C(=O)Nc1nncs1)[C@H](c1cccc(F)c1)c1ccc(-c2ccc(C(=O)N3CCOCC3)c(Cl)c2)s1.